The molecule has 0 radical (unpaired) electrons. The first-order chi connectivity index (χ1) is 20.9. The Morgan fingerprint density at radius 2 is 1.67 bits per heavy atom. The number of aliphatic carboxylic acids is 1. The van der Waals surface area contributed by atoms with Crippen LogP contribution in [0.5, 0.6) is 5.75 Å². The predicted molar refractivity (Wildman–Crippen MR) is 157 cm³/mol. The molecule has 1 amide bonds. The van der Waals surface area contributed by atoms with Crippen LogP contribution < -0.4 is 21.1 Å². The molecular formula is C27H32F4N6O7S. The number of rotatable bonds is 8. The molecule has 0 atom stereocenters. The Bertz CT molecular complexity index is 1710. The van der Waals surface area contributed by atoms with Gasteiger partial charge in [0.1, 0.15) is 11.7 Å². The fourth-order valence-electron chi connectivity index (χ4n) is 4.25. The van der Waals surface area contributed by atoms with Crippen LogP contribution in [-0.2, 0) is 21.2 Å². The van der Waals surface area contributed by atoms with Gasteiger partial charge in [0.2, 0.25) is 5.75 Å². The maximum atomic E-state index is 13.2. The van der Waals surface area contributed by atoms with Crippen molar-refractivity contribution in [1.29, 1.82) is 0 Å². The molecule has 45 heavy (non-hydrogen) atoms. The molecule has 4 rings (SSSR count). The first kappa shape index (κ1) is 35.0. The van der Waals surface area contributed by atoms with Crippen molar-refractivity contribution in [1.82, 2.24) is 19.6 Å². The van der Waals surface area contributed by atoms with E-state index in [9.17, 15) is 40.7 Å². The Balaban J connectivity index is 0.000000707. The summed E-state index contributed by atoms with van der Waals surface area (Å²) >= 11 is 0. The van der Waals surface area contributed by atoms with Gasteiger partial charge in [0, 0.05) is 51.2 Å². The van der Waals surface area contributed by atoms with Gasteiger partial charge in [-0.2, -0.15) is 13.2 Å². The van der Waals surface area contributed by atoms with E-state index in [-0.39, 0.29) is 17.9 Å². The van der Waals surface area contributed by atoms with E-state index in [2.05, 4.69) is 39.3 Å². The summed E-state index contributed by atoms with van der Waals surface area (Å²) in [5, 5.41) is 23.1. The summed E-state index contributed by atoms with van der Waals surface area (Å²) in [6.07, 6.45) is -2.49. The highest BCUT2D eigenvalue weighted by Crippen LogP contribution is 2.26. The van der Waals surface area contributed by atoms with Crippen LogP contribution in [0.4, 0.5) is 28.9 Å². The average molecular weight is 661 g/mol. The maximum Gasteiger partial charge on any atom is 0.490 e. The Morgan fingerprint density at radius 1 is 1.09 bits per heavy atom. The highest BCUT2D eigenvalue weighted by molar-refractivity contribution is 7.90. The van der Waals surface area contributed by atoms with Gasteiger partial charge in [0.05, 0.1) is 11.4 Å². The molecule has 2 aromatic heterocycles. The fraction of sp³-hybridized carbons (Fsp3) is 0.407. The third kappa shape index (κ3) is 9.52. The molecular weight excluding hydrogens is 628 g/mol. The van der Waals surface area contributed by atoms with Gasteiger partial charge in [-0.1, -0.05) is 12.1 Å². The van der Waals surface area contributed by atoms with Crippen LogP contribution >= 0.6 is 0 Å². The molecule has 1 aromatic carbocycles. The minimum atomic E-state index is -5.08. The van der Waals surface area contributed by atoms with Gasteiger partial charge in [-0.3, -0.25) is 18.9 Å². The van der Waals surface area contributed by atoms with Crippen molar-refractivity contribution in [2.75, 3.05) is 48.5 Å². The number of nitrogens with zero attached hydrogens (tertiary/aromatic N) is 4. The number of carbonyl (C=O) groups excluding carboxylic acids is 1. The Hall–Kier alpha value is -4.45. The SMILES string of the molecule is CC(C)N1CCN(c2cc(NCS(C)(=O)=O)c3nc(C(=O)NCc4ccc(F)cc4)c(O)c(=O)n3c2)CC1.O=C(O)C(F)(F)F. The molecule has 0 bridgehead atoms. The molecule has 4 N–H and O–H groups in total. The maximum absolute atomic E-state index is 13.2. The van der Waals surface area contributed by atoms with Gasteiger partial charge in [-0.25, -0.2) is 22.6 Å². The number of fused-ring (bicyclic) bond motifs is 1. The third-order valence-corrected chi connectivity index (χ3v) is 7.31. The van der Waals surface area contributed by atoms with Crippen molar-refractivity contribution in [2.24, 2.45) is 0 Å². The number of amides is 1. The van der Waals surface area contributed by atoms with Crippen molar-refractivity contribution in [3.05, 3.63) is 64.0 Å². The summed E-state index contributed by atoms with van der Waals surface area (Å²) in [5.74, 6) is -5.25. The highest BCUT2D eigenvalue weighted by atomic mass is 32.2. The van der Waals surface area contributed by atoms with Crippen molar-refractivity contribution in [2.45, 2.75) is 32.6 Å². The van der Waals surface area contributed by atoms with E-state index in [1.807, 2.05) is 0 Å². The molecule has 18 heteroatoms. The van der Waals surface area contributed by atoms with Crippen molar-refractivity contribution in [3.8, 4) is 5.75 Å². The number of halogens is 4. The van der Waals surface area contributed by atoms with Crippen LogP contribution in [0.3, 0.4) is 0 Å². The zero-order chi connectivity index (χ0) is 33.7. The highest BCUT2D eigenvalue weighted by Gasteiger charge is 2.38. The van der Waals surface area contributed by atoms with Gasteiger partial charge in [-0.05, 0) is 37.6 Å². The van der Waals surface area contributed by atoms with Crippen LogP contribution in [0.15, 0.2) is 41.3 Å². The zero-order valence-corrected chi connectivity index (χ0v) is 25.2. The van der Waals surface area contributed by atoms with Gasteiger partial charge in [0.15, 0.2) is 21.2 Å². The molecule has 3 aromatic rings. The number of aromatic hydroxyl groups is 1. The number of piperazine rings is 1. The number of pyridine rings is 1. The summed E-state index contributed by atoms with van der Waals surface area (Å²) < 4.78 is 69.7. The number of anilines is 2. The molecule has 0 spiro atoms. The summed E-state index contributed by atoms with van der Waals surface area (Å²) in [4.78, 5) is 43.6. The molecule has 0 aliphatic carbocycles. The van der Waals surface area contributed by atoms with Crippen LogP contribution in [0.2, 0.25) is 0 Å². The molecule has 246 valence electrons. The van der Waals surface area contributed by atoms with Gasteiger partial charge < -0.3 is 25.7 Å². The zero-order valence-electron chi connectivity index (χ0n) is 24.4. The third-order valence-electron chi connectivity index (χ3n) is 6.64. The van der Waals surface area contributed by atoms with Crippen LogP contribution in [-0.4, -0.2) is 95.3 Å². The lowest BCUT2D eigenvalue weighted by atomic mass is 10.2. The second-order valence-electron chi connectivity index (χ2n) is 10.4. The van der Waals surface area contributed by atoms with E-state index in [0.29, 0.717) is 30.4 Å². The van der Waals surface area contributed by atoms with Gasteiger partial charge >= 0.3 is 17.7 Å². The molecule has 1 aliphatic heterocycles. The Morgan fingerprint density at radius 3 is 2.18 bits per heavy atom. The molecule has 0 saturated carbocycles. The lowest BCUT2D eigenvalue weighted by Gasteiger charge is -2.38. The van der Waals surface area contributed by atoms with E-state index in [1.54, 1.807) is 6.07 Å². The topological polar surface area (TPSA) is 174 Å². The Labute approximate surface area is 255 Å². The number of hydrogen-bond donors (Lipinski definition) is 4. The largest absolute Gasteiger partial charge is 0.501 e. The second kappa shape index (κ2) is 14.1. The second-order valence-corrected chi connectivity index (χ2v) is 12.5. The van der Waals surface area contributed by atoms with E-state index >= 15 is 0 Å². The van der Waals surface area contributed by atoms with Crippen LogP contribution in [0.1, 0.15) is 29.9 Å². The number of carboxylic acids is 1. The smallest absolute Gasteiger partial charge is 0.490 e. The number of nitrogens with one attached hydrogen (secondary N) is 2. The number of sulfone groups is 1. The van der Waals surface area contributed by atoms with Gasteiger partial charge in [0.25, 0.3) is 5.91 Å². The minimum Gasteiger partial charge on any atom is -0.501 e. The predicted octanol–water partition coefficient (Wildman–Crippen LogP) is 2.05. The summed E-state index contributed by atoms with van der Waals surface area (Å²) in [6, 6.07) is 7.58. The molecule has 1 saturated heterocycles. The number of aromatic nitrogens is 2. The number of alkyl halides is 3. The summed E-state index contributed by atoms with van der Waals surface area (Å²) in [7, 11) is -3.43. The van der Waals surface area contributed by atoms with E-state index < -0.39 is 56.6 Å². The first-order valence-corrected chi connectivity index (χ1v) is 15.5. The number of carboxylic acid groups (broad SMARTS) is 1. The minimum absolute atomic E-state index is 0.00653. The van der Waals surface area contributed by atoms with Crippen molar-refractivity contribution < 1.29 is 45.8 Å². The molecule has 0 unspecified atom stereocenters. The molecule has 1 aliphatic rings. The molecule has 13 nitrogen and oxygen atoms in total. The first-order valence-electron chi connectivity index (χ1n) is 13.4. The average Bonchev–Trinajstić information content (AvgIpc) is 2.96. The van der Waals surface area contributed by atoms with E-state index in [4.69, 9.17) is 9.90 Å². The number of hydrogen-bond acceptors (Lipinski definition) is 10. The van der Waals surface area contributed by atoms with E-state index in [0.717, 1.165) is 23.7 Å². The Kier molecular flexibility index (Phi) is 11.0. The fourth-order valence-corrected chi connectivity index (χ4v) is 4.67. The standard InChI is InChI=1S/C25H31FN6O5S.C2HF3O2/c1-16(2)30-8-10-31(11-9-30)19-12-20(28-15-38(3,36)37)23-29-21(22(33)25(35)32(23)14-19)24(34)27-13-17-4-6-18(26)7-5-17;3-2(4,5)1(6)7/h4-7,12,14,16,28,33H,8-11,13,15H2,1-3H3,(H,27,34);(H,6,7). The lowest BCUT2D eigenvalue weighted by molar-refractivity contribution is -0.192. The van der Waals surface area contributed by atoms with Crippen LogP contribution in [0.25, 0.3) is 5.65 Å². The summed E-state index contributed by atoms with van der Waals surface area (Å²) in [5.41, 5.74) is 0.102. The quantitative estimate of drug-likeness (QED) is 0.261. The van der Waals surface area contributed by atoms with E-state index in [1.165, 1.54) is 30.5 Å². The van der Waals surface area contributed by atoms with Crippen LogP contribution in [0, 0.1) is 5.82 Å². The molecule has 3 heterocycles. The normalized spacial score (nSPS) is 14.2. The lowest BCUT2D eigenvalue weighted by Crippen LogP contribution is -2.49. The van der Waals surface area contributed by atoms with Gasteiger partial charge in [-0.15, -0.1) is 0 Å². The number of carbonyl (C=O) groups is 2. The number of benzene rings is 1. The summed E-state index contributed by atoms with van der Waals surface area (Å²) in [6.45, 7) is 7.27. The molecule has 1 fully saturated rings. The monoisotopic (exact) mass is 660 g/mol. The van der Waals surface area contributed by atoms with Crippen molar-refractivity contribution in [3.63, 3.8) is 0 Å². The van der Waals surface area contributed by atoms with Crippen molar-refractivity contribution >= 4 is 38.7 Å².